The van der Waals surface area contributed by atoms with Crippen LogP contribution in [0.15, 0.2) is 83.8 Å². The van der Waals surface area contributed by atoms with E-state index in [1.165, 1.54) is 12.1 Å². The van der Waals surface area contributed by atoms with Crippen molar-refractivity contribution < 1.29 is 17.9 Å². The van der Waals surface area contributed by atoms with Crippen LogP contribution in [0.4, 0.5) is 10.5 Å². The minimum Gasteiger partial charge on any atom is -0.489 e. The SMILES string of the molecule is NS(=O)(=O)c1ccc(CCNC(=O)Nc2ccc(OCc3ccccc3)cc2)cc1. The number of carbonyl (C=O) groups excluding carboxylic acids is 1. The van der Waals surface area contributed by atoms with Crippen LogP contribution in [0.3, 0.4) is 0 Å². The van der Waals surface area contributed by atoms with Gasteiger partial charge in [-0.3, -0.25) is 0 Å². The monoisotopic (exact) mass is 425 g/mol. The van der Waals surface area contributed by atoms with E-state index in [0.717, 1.165) is 11.1 Å². The van der Waals surface area contributed by atoms with Gasteiger partial charge in [-0.1, -0.05) is 42.5 Å². The third-order valence-corrected chi connectivity index (χ3v) is 5.24. The van der Waals surface area contributed by atoms with Gasteiger partial charge in [0.1, 0.15) is 12.4 Å². The maximum atomic E-state index is 12.0. The van der Waals surface area contributed by atoms with Crippen molar-refractivity contribution in [1.82, 2.24) is 5.32 Å². The van der Waals surface area contributed by atoms with Crippen molar-refractivity contribution in [3.8, 4) is 5.75 Å². The van der Waals surface area contributed by atoms with E-state index in [-0.39, 0.29) is 10.9 Å². The van der Waals surface area contributed by atoms with Crippen molar-refractivity contribution in [2.45, 2.75) is 17.9 Å². The van der Waals surface area contributed by atoms with E-state index in [9.17, 15) is 13.2 Å². The van der Waals surface area contributed by atoms with Gasteiger partial charge < -0.3 is 15.4 Å². The zero-order valence-electron chi connectivity index (χ0n) is 16.2. The molecule has 0 saturated heterocycles. The molecule has 4 N–H and O–H groups in total. The minimum atomic E-state index is -3.70. The number of hydrogen-bond acceptors (Lipinski definition) is 4. The summed E-state index contributed by atoms with van der Waals surface area (Å²) in [6.45, 7) is 0.880. The van der Waals surface area contributed by atoms with Gasteiger partial charge >= 0.3 is 6.03 Å². The number of nitrogens with two attached hydrogens (primary N) is 1. The quantitative estimate of drug-likeness (QED) is 0.514. The molecule has 0 aliphatic carbocycles. The van der Waals surface area contributed by atoms with Gasteiger partial charge in [-0.05, 0) is 53.9 Å². The molecule has 0 fully saturated rings. The zero-order valence-corrected chi connectivity index (χ0v) is 17.1. The van der Waals surface area contributed by atoms with E-state index in [0.29, 0.717) is 31.0 Å². The summed E-state index contributed by atoms with van der Waals surface area (Å²) < 4.78 is 28.2. The molecular weight excluding hydrogens is 402 g/mol. The Morgan fingerprint density at radius 1 is 0.867 bits per heavy atom. The Morgan fingerprint density at radius 3 is 2.17 bits per heavy atom. The molecule has 0 spiro atoms. The highest BCUT2D eigenvalue weighted by atomic mass is 32.2. The fourth-order valence-electron chi connectivity index (χ4n) is 2.72. The van der Waals surface area contributed by atoms with Crippen LogP contribution < -0.4 is 20.5 Å². The number of ether oxygens (including phenoxy) is 1. The van der Waals surface area contributed by atoms with E-state index in [1.54, 1.807) is 36.4 Å². The minimum absolute atomic E-state index is 0.0631. The molecule has 0 radical (unpaired) electrons. The van der Waals surface area contributed by atoms with Gasteiger partial charge in [0.25, 0.3) is 0 Å². The molecule has 0 atom stereocenters. The number of amides is 2. The topological polar surface area (TPSA) is 111 Å². The second kappa shape index (κ2) is 9.91. The Balaban J connectivity index is 1.41. The molecule has 30 heavy (non-hydrogen) atoms. The second-order valence-electron chi connectivity index (χ2n) is 6.62. The van der Waals surface area contributed by atoms with E-state index < -0.39 is 10.0 Å². The average molecular weight is 426 g/mol. The maximum absolute atomic E-state index is 12.0. The highest BCUT2D eigenvalue weighted by Gasteiger charge is 2.07. The molecule has 0 aromatic heterocycles. The lowest BCUT2D eigenvalue weighted by Gasteiger charge is -2.10. The number of hydrogen-bond donors (Lipinski definition) is 3. The average Bonchev–Trinajstić information content (AvgIpc) is 2.74. The van der Waals surface area contributed by atoms with Gasteiger partial charge in [0.2, 0.25) is 10.0 Å². The number of anilines is 1. The fourth-order valence-corrected chi connectivity index (χ4v) is 3.23. The van der Waals surface area contributed by atoms with E-state index in [1.807, 2.05) is 30.3 Å². The molecule has 3 aromatic rings. The van der Waals surface area contributed by atoms with Gasteiger partial charge in [0, 0.05) is 12.2 Å². The molecule has 0 saturated carbocycles. The summed E-state index contributed by atoms with van der Waals surface area (Å²) in [7, 11) is -3.70. The van der Waals surface area contributed by atoms with Gasteiger partial charge in [-0.15, -0.1) is 0 Å². The third kappa shape index (κ3) is 6.61. The Hall–Kier alpha value is -3.36. The molecule has 0 aliphatic rings. The van der Waals surface area contributed by atoms with E-state index >= 15 is 0 Å². The summed E-state index contributed by atoms with van der Waals surface area (Å²) in [6.07, 6.45) is 0.560. The van der Waals surface area contributed by atoms with Crippen LogP contribution in [-0.4, -0.2) is 21.0 Å². The molecule has 0 unspecified atom stereocenters. The molecule has 7 nitrogen and oxygen atoms in total. The molecule has 156 valence electrons. The van der Waals surface area contributed by atoms with E-state index in [2.05, 4.69) is 10.6 Å². The summed E-state index contributed by atoms with van der Waals surface area (Å²) in [4.78, 5) is 12.1. The van der Waals surface area contributed by atoms with Crippen molar-refractivity contribution >= 4 is 21.7 Å². The molecule has 0 heterocycles. The normalized spacial score (nSPS) is 11.0. The number of rotatable bonds is 8. The molecule has 3 rings (SSSR count). The highest BCUT2D eigenvalue weighted by Crippen LogP contribution is 2.17. The summed E-state index contributed by atoms with van der Waals surface area (Å²) >= 11 is 0. The van der Waals surface area contributed by atoms with Gasteiger partial charge in [-0.25, -0.2) is 18.4 Å². The lowest BCUT2D eigenvalue weighted by atomic mass is 10.1. The first-order chi connectivity index (χ1) is 14.4. The predicted octanol–water partition coefficient (Wildman–Crippen LogP) is 3.28. The van der Waals surface area contributed by atoms with Crippen molar-refractivity contribution in [2.75, 3.05) is 11.9 Å². The van der Waals surface area contributed by atoms with Crippen LogP contribution in [0.5, 0.6) is 5.75 Å². The Kier molecular flexibility index (Phi) is 7.05. The number of primary sulfonamides is 1. The first-order valence-corrected chi connectivity index (χ1v) is 10.9. The van der Waals surface area contributed by atoms with Crippen molar-refractivity contribution in [2.24, 2.45) is 5.14 Å². The van der Waals surface area contributed by atoms with E-state index in [4.69, 9.17) is 9.88 Å². The fraction of sp³-hybridized carbons (Fsp3) is 0.136. The summed E-state index contributed by atoms with van der Waals surface area (Å²) in [5.74, 6) is 0.716. The summed E-state index contributed by atoms with van der Waals surface area (Å²) in [5.41, 5.74) is 2.62. The highest BCUT2D eigenvalue weighted by molar-refractivity contribution is 7.89. The maximum Gasteiger partial charge on any atom is 0.319 e. The molecular formula is C22H23N3O4S. The Labute approximate surface area is 175 Å². The van der Waals surface area contributed by atoms with Crippen molar-refractivity contribution in [1.29, 1.82) is 0 Å². The first kappa shape index (κ1) is 21.4. The third-order valence-electron chi connectivity index (χ3n) is 4.31. The van der Waals surface area contributed by atoms with Gasteiger partial charge in [0.15, 0.2) is 0 Å². The lowest BCUT2D eigenvalue weighted by Crippen LogP contribution is -2.30. The summed E-state index contributed by atoms with van der Waals surface area (Å²) in [5, 5.41) is 10.6. The molecule has 8 heteroatoms. The first-order valence-electron chi connectivity index (χ1n) is 9.33. The summed E-state index contributed by atoms with van der Waals surface area (Å²) in [6, 6.07) is 22.9. The Morgan fingerprint density at radius 2 is 1.53 bits per heavy atom. The standard InChI is InChI=1S/C22H23N3O4S/c23-30(27,28)21-12-6-17(7-13-21)14-15-24-22(26)25-19-8-10-20(11-9-19)29-16-18-4-2-1-3-5-18/h1-13H,14-16H2,(H2,23,27,28)(H2,24,25,26). The number of urea groups is 1. The number of sulfonamides is 1. The number of carbonyl (C=O) groups is 1. The van der Waals surface area contributed by atoms with Crippen LogP contribution in [0.1, 0.15) is 11.1 Å². The van der Waals surface area contributed by atoms with Crippen molar-refractivity contribution in [3.63, 3.8) is 0 Å². The van der Waals surface area contributed by atoms with Crippen LogP contribution in [-0.2, 0) is 23.1 Å². The molecule has 0 aliphatic heterocycles. The van der Waals surface area contributed by atoms with Gasteiger partial charge in [-0.2, -0.15) is 0 Å². The molecule has 0 bridgehead atoms. The smallest absolute Gasteiger partial charge is 0.319 e. The lowest BCUT2D eigenvalue weighted by molar-refractivity contribution is 0.252. The van der Waals surface area contributed by atoms with Crippen LogP contribution in [0.2, 0.25) is 0 Å². The van der Waals surface area contributed by atoms with Crippen LogP contribution in [0.25, 0.3) is 0 Å². The Bertz CT molecular complexity index is 1070. The second-order valence-corrected chi connectivity index (χ2v) is 8.18. The number of nitrogens with one attached hydrogen (secondary N) is 2. The number of benzene rings is 3. The van der Waals surface area contributed by atoms with Gasteiger partial charge in [0.05, 0.1) is 4.90 Å². The molecule has 2 amide bonds. The predicted molar refractivity (Wildman–Crippen MR) is 116 cm³/mol. The van der Waals surface area contributed by atoms with Crippen molar-refractivity contribution in [3.05, 3.63) is 90.0 Å². The van der Waals surface area contributed by atoms with Crippen LogP contribution in [0, 0.1) is 0 Å². The molecule has 3 aromatic carbocycles. The van der Waals surface area contributed by atoms with Crippen LogP contribution >= 0.6 is 0 Å². The zero-order chi connectivity index (χ0) is 21.4. The largest absolute Gasteiger partial charge is 0.489 e.